The number of aromatic nitrogens is 1. The Bertz CT molecular complexity index is 525. The largest absolute Gasteiger partial charge is 0.397 e. The van der Waals surface area contributed by atoms with Gasteiger partial charge in [-0.15, -0.1) is 0 Å². The van der Waals surface area contributed by atoms with Gasteiger partial charge in [0.25, 0.3) is 0 Å². The van der Waals surface area contributed by atoms with Gasteiger partial charge in [0, 0.05) is 6.54 Å². The zero-order chi connectivity index (χ0) is 13.8. The van der Waals surface area contributed by atoms with E-state index in [9.17, 15) is 0 Å². The molecule has 0 aliphatic heterocycles. The quantitative estimate of drug-likeness (QED) is 0.881. The number of aryl methyl sites for hydroxylation is 3. The number of hydrogen-bond acceptors (Lipinski definition) is 3. The molecular formula is C16H21N3. The SMILES string of the molecule is Cc1ccc(CCNc2ncc(N)cc2C)c(C)c1. The van der Waals surface area contributed by atoms with E-state index in [1.807, 2.05) is 13.0 Å². The summed E-state index contributed by atoms with van der Waals surface area (Å²) in [5, 5.41) is 3.36. The van der Waals surface area contributed by atoms with Gasteiger partial charge < -0.3 is 11.1 Å². The Labute approximate surface area is 114 Å². The maximum absolute atomic E-state index is 5.69. The number of nitrogens with zero attached hydrogens (tertiary/aromatic N) is 1. The van der Waals surface area contributed by atoms with Crippen LogP contribution in [0.5, 0.6) is 0 Å². The van der Waals surface area contributed by atoms with Crippen molar-refractivity contribution in [2.75, 3.05) is 17.6 Å². The minimum atomic E-state index is 0.706. The summed E-state index contributed by atoms with van der Waals surface area (Å²) in [7, 11) is 0. The maximum atomic E-state index is 5.69. The summed E-state index contributed by atoms with van der Waals surface area (Å²) >= 11 is 0. The van der Waals surface area contributed by atoms with E-state index in [1.54, 1.807) is 6.20 Å². The third-order valence-corrected chi connectivity index (χ3v) is 3.28. The summed E-state index contributed by atoms with van der Waals surface area (Å²) in [6, 6.07) is 8.53. The Morgan fingerprint density at radius 2 is 1.89 bits per heavy atom. The fourth-order valence-corrected chi connectivity index (χ4v) is 2.22. The second-order valence-corrected chi connectivity index (χ2v) is 5.04. The van der Waals surface area contributed by atoms with Crippen LogP contribution < -0.4 is 11.1 Å². The van der Waals surface area contributed by atoms with Crippen LogP contribution in [0.25, 0.3) is 0 Å². The van der Waals surface area contributed by atoms with E-state index in [0.29, 0.717) is 5.69 Å². The van der Waals surface area contributed by atoms with Gasteiger partial charge >= 0.3 is 0 Å². The second kappa shape index (κ2) is 5.74. The first-order valence-corrected chi connectivity index (χ1v) is 6.58. The van der Waals surface area contributed by atoms with Crippen molar-refractivity contribution in [3.05, 3.63) is 52.7 Å². The molecule has 3 nitrogen and oxygen atoms in total. The first kappa shape index (κ1) is 13.4. The van der Waals surface area contributed by atoms with Gasteiger partial charge in [0.05, 0.1) is 11.9 Å². The summed E-state index contributed by atoms with van der Waals surface area (Å²) in [4.78, 5) is 4.31. The van der Waals surface area contributed by atoms with Crippen molar-refractivity contribution in [2.45, 2.75) is 27.2 Å². The summed E-state index contributed by atoms with van der Waals surface area (Å²) in [5.41, 5.74) is 11.5. The molecule has 0 fully saturated rings. The molecule has 1 aromatic carbocycles. The normalized spacial score (nSPS) is 10.5. The zero-order valence-corrected chi connectivity index (χ0v) is 11.8. The van der Waals surface area contributed by atoms with Crippen LogP contribution in [0, 0.1) is 20.8 Å². The molecule has 0 amide bonds. The van der Waals surface area contributed by atoms with Crippen molar-refractivity contribution in [3.8, 4) is 0 Å². The lowest BCUT2D eigenvalue weighted by molar-refractivity contribution is 0.988. The molecule has 0 saturated heterocycles. The van der Waals surface area contributed by atoms with E-state index in [1.165, 1.54) is 16.7 Å². The van der Waals surface area contributed by atoms with Crippen molar-refractivity contribution in [2.24, 2.45) is 0 Å². The smallest absolute Gasteiger partial charge is 0.129 e. The molecule has 2 rings (SSSR count). The number of nitrogen functional groups attached to an aromatic ring is 1. The molecule has 0 bridgehead atoms. The van der Waals surface area contributed by atoms with Crippen LogP contribution in [0.15, 0.2) is 30.5 Å². The average Bonchev–Trinajstić information content (AvgIpc) is 2.34. The highest BCUT2D eigenvalue weighted by Gasteiger charge is 2.01. The van der Waals surface area contributed by atoms with Crippen molar-refractivity contribution < 1.29 is 0 Å². The predicted octanol–water partition coefficient (Wildman–Crippen LogP) is 3.24. The fourth-order valence-electron chi connectivity index (χ4n) is 2.22. The number of anilines is 2. The number of hydrogen-bond donors (Lipinski definition) is 2. The molecular weight excluding hydrogens is 234 g/mol. The Balaban J connectivity index is 1.96. The van der Waals surface area contributed by atoms with Crippen LogP contribution in [-0.4, -0.2) is 11.5 Å². The van der Waals surface area contributed by atoms with E-state index in [0.717, 1.165) is 24.3 Å². The molecule has 3 heteroatoms. The molecule has 0 aliphatic rings. The van der Waals surface area contributed by atoms with Gasteiger partial charge in [-0.2, -0.15) is 0 Å². The first-order valence-electron chi connectivity index (χ1n) is 6.58. The van der Waals surface area contributed by atoms with Crippen LogP contribution in [0.4, 0.5) is 11.5 Å². The third-order valence-electron chi connectivity index (χ3n) is 3.28. The zero-order valence-electron chi connectivity index (χ0n) is 11.8. The summed E-state index contributed by atoms with van der Waals surface area (Å²) in [5.74, 6) is 0.916. The topological polar surface area (TPSA) is 50.9 Å². The van der Waals surface area contributed by atoms with Crippen LogP contribution in [0.1, 0.15) is 22.3 Å². The van der Waals surface area contributed by atoms with Gasteiger partial charge in [-0.3, -0.25) is 0 Å². The standard InChI is InChI=1S/C16H21N3/c1-11-4-5-14(12(2)8-11)6-7-18-16-13(3)9-15(17)10-19-16/h4-5,8-10H,6-7,17H2,1-3H3,(H,18,19). The number of nitrogens with one attached hydrogen (secondary N) is 1. The third kappa shape index (κ3) is 3.47. The van der Waals surface area contributed by atoms with Gasteiger partial charge in [0.1, 0.15) is 5.82 Å². The van der Waals surface area contributed by atoms with Crippen LogP contribution in [0.3, 0.4) is 0 Å². The van der Waals surface area contributed by atoms with Gasteiger partial charge in [0.15, 0.2) is 0 Å². The van der Waals surface area contributed by atoms with E-state index < -0.39 is 0 Å². The van der Waals surface area contributed by atoms with Crippen molar-refractivity contribution in [3.63, 3.8) is 0 Å². The highest BCUT2D eigenvalue weighted by atomic mass is 15.0. The maximum Gasteiger partial charge on any atom is 0.129 e. The number of rotatable bonds is 4. The van der Waals surface area contributed by atoms with Gasteiger partial charge in [-0.25, -0.2) is 4.98 Å². The number of benzene rings is 1. The monoisotopic (exact) mass is 255 g/mol. The predicted molar refractivity (Wildman–Crippen MR) is 81.5 cm³/mol. The highest BCUT2D eigenvalue weighted by molar-refractivity contribution is 5.50. The van der Waals surface area contributed by atoms with E-state index in [4.69, 9.17) is 5.73 Å². The van der Waals surface area contributed by atoms with Crippen LogP contribution in [-0.2, 0) is 6.42 Å². The highest BCUT2D eigenvalue weighted by Crippen LogP contribution is 2.15. The average molecular weight is 255 g/mol. The Hall–Kier alpha value is -2.03. The lowest BCUT2D eigenvalue weighted by atomic mass is 10.0. The Morgan fingerprint density at radius 3 is 2.58 bits per heavy atom. The summed E-state index contributed by atoms with van der Waals surface area (Å²) in [6.07, 6.45) is 2.68. The van der Waals surface area contributed by atoms with E-state index in [-0.39, 0.29) is 0 Å². The van der Waals surface area contributed by atoms with Crippen LogP contribution >= 0.6 is 0 Å². The lowest BCUT2D eigenvalue weighted by Crippen LogP contribution is -2.08. The number of nitrogens with two attached hydrogens (primary N) is 1. The van der Waals surface area contributed by atoms with Gasteiger partial charge in [0.2, 0.25) is 0 Å². The molecule has 0 radical (unpaired) electrons. The molecule has 19 heavy (non-hydrogen) atoms. The molecule has 1 heterocycles. The van der Waals surface area contributed by atoms with E-state index in [2.05, 4.69) is 42.3 Å². The second-order valence-electron chi connectivity index (χ2n) is 5.04. The molecule has 100 valence electrons. The molecule has 0 unspecified atom stereocenters. The lowest BCUT2D eigenvalue weighted by Gasteiger charge is -2.10. The van der Waals surface area contributed by atoms with E-state index >= 15 is 0 Å². The molecule has 0 saturated carbocycles. The minimum Gasteiger partial charge on any atom is -0.397 e. The molecule has 0 aliphatic carbocycles. The van der Waals surface area contributed by atoms with Crippen molar-refractivity contribution in [1.82, 2.24) is 4.98 Å². The van der Waals surface area contributed by atoms with Crippen molar-refractivity contribution in [1.29, 1.82) is 0 Å². The molecule has 2 aromatic rings. The molecule has 0 spiro atoms. The van der Waals surface area contributed by atoms with Gasteiger partial charge in [-0.1, -0.05) is 23.8 Å². The fraction of sp³-hybridized carbons (Fsp3) is 0.312. The first-order chi connectivity index (χ1) is 9.06. The number of pyridine rings is 1. The molecule has 3 N–H and O–H groups in total. The summed E-state index contributed by atoms with van der Waals surface area (Å²) < 4.78 is 0. The van der Waals surface area contributed by atoms with Crippen molar-refractivity contribution >= 4 is 11.5 Å². The minimum absolute atomic E-state index is 0.706. The van der Waals surface area contributed by atoms with Gasteiger partial charge in [-0.05, 0) is 49.9 Å². The molecule has 0 atom stereocenters. The Morgan fingerprint density at radius 1 is 1.11 bits per heavy atom. The Kier molecular flexibility index (Phi) is 4.05. The summed E-state index contributed by atoms with van der Waals surface area (Å²) in [6.45, 7) is 7.18. The van der Waals surface area contributed by atoms with Crippen LogP contribution in [0.2, 0.25) is 0 Å². The molecule has 1 aromatic heterocycles.